The van der Waals surface area contributed by atoms with E-state index in [1.807, 2.05) is 0 Å². The molecule has 1 saturated heterocycles. The Morgan fingerprint density at radius 2 is 1.81 bits per heavy atom. The summed E-state index contributed by atoms with van der Waals surface area (Å²) in [5, 5.41) is 0. The predicted octanol–water partition coefficient (Wildman–Crippen LogP) is 4.04. The summed E-state index contributed by atoms with van der Waals surface area (Å²) in [6, 6.07) is 10.2. The van der Waals surface area contributed by atoms with Crippen LogP contribution in [0.15, 0.2) is 24.3 Å². The van der Waals surface area contributed by atoms with Gasteiger partial charge in [0.1, 0.15) is 0 Å². The van der Waals surface area contributed by atoms with E-state index in [0.717, 1.165) is 12.0 Å². The summed E-state index contributed by atoms with van der Waals surface area (Å²) in [6.45, 7) is 5.63. The van der Waals surface area contributed by atoms with Crippen LogP contribution in [-0.2, 0) is 0 Å². The van der Waals surface area contributed by atoms with Crippen LogP contribution in [0, 0.1) is 12.8 Å². The standard InChI is InChI=1S/C19H30N2/c1-14-8-3-6-11-17(14)19(15(2)20)21-13-7-12-18(21)16-9-4-5-10-16/h3,6,8,11,15-16,18-19H,4-5,7,9-10,12-13,20H2,1-2H3. The Labute approximate surface area is 129 Å². The first-order chi connectivity index (χ1) is 10.2. The van der Waals surface area contributed by atoms with Crippen molar-refractivity contribution in [2.24, 2.45) is 11.7 Å². The fourth-order valence-corrected chi connectivity index (χ4v) is 4.69. The first-order valence-corrected chi connectivity index (χ1v) is 8.75. The maximum absolute atomic E-state index is 6.44. The van der Waals surface area contributed by atoms with Gasteiger partial charge in [0.2, 0.25) is 0 Å². The Morgan fingerprint density at radius 1 is 1.10 bits per heavy atom. The molecule has 0 spiro atoms. The smallest absolute Gasteiger partial charge is 0.0502 e. The summed E-state index contributed by atoms with van der Waals surface area (Å²) in [6.07, 6.45) is 8.45. The first-order valence-electron chi connectivity index (χ1n) is 8.75. The molecular weight excluding hydrogens is 256 g/mol. The van der Waals surface area contributed by atoms with Gasteiger partial charge < -0.3 is 5.73 Å². The third kappa shape index (κ3) is 3.02. The van der Waals surface area contributed by atoms with Crippen LogP contribution in [0.1, 0.15) is 62.6 Å². The zero-order chi connectivity index (χ0) is 14.8. The molecule has 0 bridgehead atoms. The Balaban J connectivity index is 1.88. The molecular formula is C19H30N2. The summed E-state index contributed by atoms with van der Waals surface area (Å²) in [5.74, 6) is 0.915. The molecule has 2 heteroatoms. The number of aryl methyl sites for hydroxylation is 1. The SMILES string of the molecule is Cc1ccccc1C(C(C)N)N1CCCC1C1CCCC1. The average molecular weight is 286 g/mol. The third-order valence-electron chi connectivity index (χ3n) is 5.65. The average Bonchev–Trinajstić information content (AvgIpc) is 3.11. The van der Waals surface area contributed by atoms with E-state index in [-0.39, 0.29) is 6.04 Å². The van der Waals surface area contributed by atoms with Crippen LogP contribution >= 0.6 is 0 Å². The second kappa shape index (κ2) is 6.50. The van der Waals surface area contributed by atoms with Crippen molar-refractivity contribution in [2.75, 3.05) is 6.54 Å². The zero-order valence-corrected chi connectivity index (χ0v) is 13.6. The van der Waals surface area contributed by atoms with E-state index in [1.165, 1.54) is 56.2 Å². The van der Waals surface area contributed by atoms with Crippen molar-refractivity contribution in [3.05, 3.63) is 35.4 Å². The molecule has 1 aromatic rings. The van der Waals surface area contributed by atoms with Gasteiger partial charge in [0.25, 0.3) is 0 Å². The predicted molar refractivity (Wildman–Crippen MR) is 89.3 cm³/mol. The normalized spacial score (nSPS) is 27.1. The van der Waals surface area contributed by atoms with Crippen LogP contribution in [0.4, 0.5) is 0 Å². The highest BCUT2D eigenvalue weighted by Crippen LogP contribution is 2.40. The monoisotopic (exact) mass is 286 g/mol. The molecule has 0 aromatic heterocycles. The van der Waals surface area contributed by atoms with Gasteiger partial charge in [-0.25, -0.2) is 0 Å². The van der Waals surface area contributed by atoms with Crippen LogP contribution in [0.5, 0.6) is 0 Å². The number of rotatable bonds is 4. The molecule has 3 atom stereocenters. The Kier molecular flexibility index (Phi) is 4.66. The van der Waals surface area contributed by atoms with Crippen LogP contribution < -0.4 is 5.73 Å². The molecule has 116 valence electrons. The van der Waals surface area contributed by atoms with Gasteiger partial charge in [0.15, 0.2) is 0 Å². The number of nitrogens with zero attached hydrogens (tertiary/aromatic N) is 1. The van der Waals surface area contributed by atoms with E-state index in [0.29, 0.717) is 6.04 Å². The lowest BCUT2D eigenvalue weighted by Gasteiger charge is -2.39. The molecule has 0 amide bonds. The number of nitrogens with two attached hydrogens (primary N) is 1. The Hall–Kier alpha value is -0.860. The van der Waals surface area contributed by atoms with Gasteiger partial charge in [-0.2, -0.15) is 0 Å². The second-order valence-corrected chi connectivity index (χ2v) is 7.15. The van der Waals surface area contributed by atoms with Crippen LogP contribution in [0.2, 0.25) is 0 Å². The van der Waals surface area contributed by atoms with Crippen LogP contribution in [0.3, 0.4) is 0 Å². The summed E-state index contributed by atoms with van der Waals surface area (Å²) in [5.41, 5.74) is 9.26. The van der Waals surface area contributed by atoms with Gasteiger partial charge >= 0.3 is 0 Å². The number of likely N-dealkylation sites (tertiary alicyclic amines) is 1. The van der Waals surface area contributed by atoms with Crippen molar-refractivity contribution in [3.63, 3.8) is 0 Å². The zero-order valence-electron chi connectivity index (χ0n) is 13.6. The lowest BCUT2D eigenvalue weighted by molar-refractivity contribution is 0.120. The van der Waals surface area contributed by atoms with Gasteiger partial charge in [-0.15, -0.1) is 0 Å². The minimum atomic E-state index is 0.188. The number of hydrogen-bond donors (Lipinski definition) is 1. The van der Waals surface area contributed by atoms with Gasteiger partial charge in [0, 0.05) is 12.1 Å². The van der Waals surface area contributed by atoms with E-state index >= 15 is 0 Å². The van der Waals surface area contributed by atoms with Crippen molar-refractivity contribution in [3.8, 4) is 0 Å². The largest absolute Gasteiger partial charge is 0.326 e. The van der Waals surface area contributed by atoms with Gasteiger partial charge in [0.05, 0.1) is 6.04 Å². The van der Waals surface area contributed by atoms with E-state index in [1.54, 1.807) is 0 Å². The molecule has 3 rings (SSSR count). The summed E-state index contributed by atoms with van der Waals surface area (Å²) in [7, 11) is 0. The van der Waals surface area contributed by atoms with Crippen LogP contribution in [-0.4, -0.2) is 23.5 Å². The minimum Gasteiger partial charge on any atom is -0.326 e. The summed E-state index contributed by atoms with van der Waals surface area (Å²) < 4.78 is 0. The molecule has 2 aliphatic rings. The highest BCUT2D eigenvalue weighted by atomic mass is 15.2. The number of hydrogen-bond acceptors (Lipinski definition) is 2. The molecule has 3 unspecified atom stereocenters. The fraction of sp³-hybridized carbons (Fsp3) is 0.684. The maximum Gasteiger partial charge on any atom is 0.0502 e. The molecule has 0 radical (unpaired) electrons. The quantitative estimate of drug-likeness (QED) is 0.905. The highest BCUT2D eigenvalue weighted by molar-refractivity contribution is 5.30. The molecule has 1 aromatic carbocycles. The summed E-state index contributed by atoms with van der Waals surface area (Å²) >= 11 is 0. The van der Waals surface area contributed by atoms with Crippen molar-refractivity contribution in [2.45, 2.75) is 70.5 Å². The third-order valence-corrected chi connectivity index (χ3v) is 5.65. The lowest BCUT2D eigenvalue weighted by Crippen LogP contribution is -2.44. The van der Waals surface area contributed by atoms with E-state index in [9.17, 15) is 0 Å². The highest BCUT2D eigenvalue weighted by Gasteiger charge is 2.38. The first kappa shape index (κ1) is 15.1. The fourth-order valence-electron chi connectivity index (χ4n) is 4.69. The summed E-state index contributed by atoms with van der Waals surface area (Å²) in [4.78, 5) is 2.75. The molecule has 2 N–H and O–H groups in total. The van der Waals surface area contributed by atoms with Crippen molar-refractivity contribution >= 4 is 0 Å². The van der Waals surface area contributed by atoms with Crippen molar-refractivity contribution < 1.29 is 0 Å². The molecule has 21 heavy (non-hydrogen) atoms. The van der Waals surface area contributed by atoms with Gasteiger partial charge in [-0.3, -0.25) is 4.90 Å². The molecule has 1 aliphatic carbocycles. The molecule has 2 fully saturated rings. The van der Waals surface area contributed by atoms with E-state index < -0.39 is 0 Å². The van der Waals surface area contributed by atoms with Gasteiger partial charge in [-0.1, -0.05) is 37.1 Å². The van der Waals surface area contributed by atoms with Crippen molar-refractivity contribution in [1.29, 1.82) is 0 Å². The minimum absolute atomic E-state index is 0.188. The van der Waals surface area contributed by atoms with Crippen molar-refractivity contribution in [1.82, 2.24) is 4.90 Å². The molecule has 2 nitrogen and oxygen atoms in total. The Bertz CT molecular complexity index is 462. The number of benzene rings is 1. The second-order valence-electron chi connectivity index (χ2n) is 7.15. The van der Waals surface area contributed by atoms with Crippen LogP contribution in [0.25, 0.3) is 0 Å². The molecule has 1 heterocycles. The topological polar surface area (TPSA) is 29.3 Å². The maximum atomic E-state index is 6.44. The van der Waals surface area contributed by atoms with Gasteiger partial charge in [-0.05, 0) is 63.1 Å². The Morgan fingerprint density at radius 3 is 2.48 bits per heavy atom. The van der Waals surface area contributed by atoms with E-state index in [2.05, 4.69) is 43.0 Å². The lowest BCUT2D eigenvalue weighted by atomic mass is 9.90. The van der Waals surface area contributed by atoms with E-state index in [4.69, 9.17) is 5.73 Å². The molecule has 1 saturated carbocycles. The molecule has 1 aliphatic heterocycles.